The molecule has 7 heteroatoms. The van der Waals surface area contributed by atoms with Crippen LogP contribution in [0.2, 0.25) is 0 Å². The summed E-state index contributed by atoms with van der Waals surface area (Å²) in [7, 11) is 1.95. The van der Waals surface area contributed by atoms with Crippen molar-refractivity contribution in [3.63, 3.8) is 0 Å². The third kappa shape index (κ3) is 4.05. The number of aryl methyl sites for hydroxylation is 1. The normalized spacial score (nSPS) is 12.0. The Hall–Kier alpha value is -2.80. The van der Waals surface area contributed by atoms with Gasteiger partial charge in [0.25, 0.3) is 0 Å². The Morgan fingerprint density at radius 2 is 1.65 bits per heavy atom. The Bertz CT molecular complexity index is 950. The Labute approximate surface area is 156 Å². The molecule has 0 saturated heterocycles. The first-order valence-electron chi connectivity index (χ1n) is 8.20. The average molecular weight is 368 g/mol. The maximum atomic E-state index is 12.5. The van der Waals surface area contributed by atoms with Crippen LogP contribution >= 0.6 is 11.8 Å². The molecule has 134 valence electrons. The number of hydrogen-bond donors (Lipinski definition) is 2. The number of aromatic nitrogens is 2. The van der Waals surface area contributed by atoms with E-state index in [9.17, 15) is 9.59 Å². The first-order chi connectivity index (χ1) is 12.4. The highest BCUT2D eigenvalue weighted by atomic mass is 32.2. The first-order valence-corrected chi connectivity index (χ1v) is 9.08. The second kappa shape index (κ2) is 7.61. The molecule has 6 nitrogen and oxygen atoms in total. The number of nitrogens with zero attached hydrogens (tertiary/aromatic N) is 2. The van der Waals surface area contributed by atoms with E-state index in [1.807, 2.05) is 42.8 Å². The molecule has 1 heterocycles. The fourth-order valence-corrected chi connectivity index (χ4v) is 3.41. The molecule has 1 unspecified atom stereocenters. The molecule has 0 aliphatic heterocycles. The number of para-hydroxylation sites is 2. The summed E-state index contributed by atoms with van der Waals surface area (Å²) in [4.78, 5) is 28.1. The van der Waals surface area contributed by atoms with Gasteiger partial charge in [-0.1, -0.05) is 23.9 Å². The van der Waals surface area contributed by atoms with Crippen LogP contribution in [0.3, 0.4) is 0 Å². The van der Waals surface area contributed by atoms with Crippen LogP contribution in [0.5, 0.6) is 0 Å². The summed E-state index contributed by atoms with van der Waals surface area (Å²) in [5.74, 6) is -0.233. The summed E-state index contributed by atoms with van der Waals surface area (Å²) >= 11 is 1.42. The first kappa shape index (κ1) is 18.0. The topological polar surface area (TPSA) is 76.0 Å². The lowest BCUT2D eigenvalue weighted by atomic mass is 10.2. The number of fused-ring (bicyclic) bond motifs is 1. The zero-order chi connectivity index (χ0) is 18.7. The highest BCUT2D eigenvalue weighted by Gasteiger charge is 2.18. The summed E-state index contributed by atoms with van der Waals surface area (Å²) in [5.41, 5.74) is 3.33. The van der Waals surface area contributed by atoms with Crippen molar-refractivity contribution in [2.75, 3.05) is 10.6 Å². The van der Waals surface area contributed by atoms with Gasteiger partial charge in [0, 0.05) is 25.3 Å². The number of carbonyl (C=O) groups excluding carboxylic acids is 2. The van der Waals surface area contributed by atoms with E-state index in [1.165, 1.54) is 18.7 Å². The number of imidazole rings is 1. The van der Waals surface area contributed by atoms with Gasteiger partial charge in [-0.05, 0) is 43.3 Å². The number of thioether (sulfide) groups is 1. The predicted molar refractivity (Wildman–Crippen MR) is 105 cm³/mol. The second-order valence-electron chi connectivity index (χ2n) is 5.95. The molecule has 0 fully saturated rings. The number of benzene rings is 2. The molecule has 0 saturated carbocycles. The summed E-state index contributed by atoms with van der Waals surface area (Å²) in [6.07, 6.45) is 0. The molecule has 1 atom stereocenters. The molecule has 26 heavy (non-hydrogen) atoms. The van der Waals surface area contributed by atoms with Gasteiger partial charge in [-0.3, -0.25) is 9.59 Å². The van der Waals surface area contributed by atoms with Crippen LogP contribution in [0.25, 0.3) is 11.0 Å². The van der Waals surface area contributed by atoms with E-state index in [-0.39, 0.29) is 17.1 Å². The molecule has 0 aliphatic carbocycles. The number of amides is 2. The minimum absolute atomic E-state index is 0.102. The molecule has 0 radical (unpaired) electrons. The van der Waals surface area contributed by atoms with E-state index < -0.39 is 0 Å². The fraction of sp³-hybridized carbons (Fsp3) is 0.211. The minimum Gasteiger partial charge on any atom is -0.326 e. The Morgan fingerprint density at radius 3 is 2.27 bits per heavy atom. The number of carbonyl (C=O) groups is 2. The molecular weight excluding hydrogens is 348 g/mol. The highest BCUT2D eigenvalue weighted by molar-refractivity contribution is 8.00. The fourth-order valence-electron chi connectivity index (χ4n) is 2.52. The Morgan fingerprint density at radius 1 is 1.04 bits per heavy atom. The number of anilines is 2. The van der Waals surface area contributed by atoms with Crippen molar-refractivity contribution >= 4 is 46.0 Å². The largest absolute Gasteiger partial charge is 0.326 e. The standard InChI is InChI=1S/C19H20N4O2S/c1-12(26-19-22-16-6-4-5-7-17(16)23(19)3)18(25)21-15-10-8-14(9-11-15)20-13(2)24/h4-12H,1-3H3,(H,20,24)(H,21,25). The van der Waals surface area contributed by atoms with Gasteiger partial charge in [0.05, 0.1) is 16.3 Å². The van der Waals surface area contributed by atoms with Crippen molar-refractivity contribution in [2.45, 2.75) is 24.3 Å². The van der Waals surface area contributed by atoms with Crippen molar-refractivity contribution < 1.29 is 9.59 Å². The predicted octanol–water partition coefficient (Wildman–Crippen LogP) is 3.65. The van der Waals surface area contributed by atoms with Crippen LogP contribution in [0.4, 0.5) is 11.4 Å². The van der Waals surface area contributed by atoms with Crippen LogP contribution in [0.1, 0.15) is 13.8 Å². The third-order valence-electron chi connectivity index (χ3n) is 3.87. The average Bonchev–Trinajstić information content (AvgIpc) is 2.92. The van der Waals surface area contributed by atoms with Gasteiger partial charge in [0.15, 0.2) is 5.16 Å². The van der Waals surface area contributed by atoms with Gasteiger partial charge in [0.1, 0.15) is 0 Å². The summed E-state index contributed by atoms with van der Waals surface area (Å²) < 4.78 is 1.99. The van der Waals surface area contributed by atoms with E-state index in [2.05, 4.69) is 15.6 Å². The van der Waals surface area contributed by atoms with Crippen molar-refractivity contribution in [3.05, 3.63) is 48.5 Å². The second-order valence-corrected chi connectivity index (χ2v) is 7.26. The number of hydrogen-bond acceptors (Lipinski definition) is 4. The highest BCUT2D eigenvalue weighted by Crippen LogP contribution is 2.27. The summed E-state index contributed by atoms with van der Waals surface area (Å²) in [6, 6.07) is 14.9. The molecule has 3 aromatic rings. The lowest BCUT2D eigenvalue weighted by molar-refractivity contribution is -0.115. The van der Waals surface area contributed by atoms with Gasteiger partial charge >= 0.3 is 0 Å². The zero-order valence-corrected chi connectivity index (χ0v) is 15.6. The van der Waals surface area contributed by atoms with E-state index in [1.54, 1.807) is 24.3 Å². The van der Waals surface area contributed by atoms with Crippen molar-refractivity contribution in [3.8, 4) is 0 Å². The van der Waals surface area contributed by atoms with E-state index in [0.29, 0.717) is 11.4 Å². The van der Waals surface area contributed by atoms with Gasteiger partial charge in [-0.2, -0.15) is 0 Å². The maximum absolute atomic E-state index is 12.5. The SMILES string of the molecule is CC(=O)Nc1ccc(NC(=O)C(C)Sc2nc3ccccc3n2C)cc1. The van der Waals surface area contributed by atoms with Gasteiger partial charge in [-0.15, -0.1) is 0 Å². The van der Waals surface area contributed by atoms with Crippen LogP contribution in [0.15, 0.2) is 53.7 Å². The molecule has 2 N–H and O–H groups in total. The molecular formula is C19H20N4O2S. The van der Waals surface area contributed by atoms with Crippen molar-refractivity contribution in [1.82, 2.24) is 9.55 Å². The number of nitrogens with one attached hydrogen (secondary N) is 2. The molecule has 3 rings (SSSR count). The van der Waals surface area contributed by atoms with E-state index in [0.717, 1.165) is 16.2 Å². The van der Waals surface area contributed by atoms with Crippen LogP contribution < -0.4 is 10.6 Å². The van der Waals surface area contributed by atoms with Gasteiger partial charge in [0.2, 0.25) is 11.8 Å². The molecule has 2 aromatic carbocycles. The van der Waals surface area contributed by atoms with Crippen LogP contribution in [-0.4, -0.2) is 26.6 Å². The molecule has 0 aliphatic rings. The lowest BCUT2D eigenvalue weighted by Crippen LogP contribution is -2.22. The smallest absolute Gasteiger partial charge is 0.237 e. The number of rotatable bonds is 5. The maximum Gasteiger partial charge on any atom is 0.237 e. The Kier molecular flexibility index (Phi) is 5.27. The van der Waals surface area contributed by atoms with Gasteiger partial charge < -0.3 is 15.2 Å². The Balaban J connectivity index is 1.65. The molecule has 0 spiro atoms. The third-order valence-corrected chi connectivity index (χ3v) is 5.01. The van der Waals surface area contributed by atoms with Crippen molar-refractivity contribution in [2.24, 2.45) is 7.05 Å². The molecule has 2 amide bonds. The molecule has 1 aromatic heterocycles. The van der Waals surface area contributed by atoms with E-state index >= 15 is 0 Å². The van der Waals surface area contributed by atoms with Gasteiger partial charge in [-0.25, -0.2) is 4.98 Å². The van der Waals surface area contributed by atoms with Crippen LogP contribution in [0, 0.1) is 0 Å². The molecule has 0 bridgehead atoms. The lowest BCUT2D eigenvalue weighted by Gasteiger charge is -2.12. The van der Waals surface area contributed by atoms with Crippen LogP contribution in [-0.2, 0) is 16.6 Å². The van der Waals surface area contributed by atoms with Crippen molar-refractivity contribution in [1.29, 1.82) is 0 Å². The summed E-state index contributed by atoms with van der Waals surface area (Å²) in [6.45, 7) is 3.31. The minimum atomic E-state index is -0.305. The zero-order valence-electron chi connectivity index (χ0n) is 14.8. The summed E-state index contributed by atoms with van der Waals surface area (Å²) in [5, 5.41) is 6.07. The van der Waals surface area contributed by atoms with E-state index in [4.69, 9.17) is 0 Å². The monoisotopic (exact) mass is 368 g/mol. The quantitative estimate of drug-likeness (QED) is 0.674.